The number of benzene rings is 2. The zero-order chi connectivity index (χ0) is 16.8. The summed E-state index contributed by atoms with van der Waals surface area (Å²) in [7, 11) is 3.16. The highest BCUT2D eigenvalue weighted by molar-refractivity contribution is 6.31. The molecule has 0 aromatic heterocycles. The number of ether oxygens (including phenoxy) is 2. The van der Waals surface area contributed by atoms with E-state index in [4.69, 9.17) is 21.1 Å². The standard InChI is InChI=1S/C18H18ClNO3/c1-12-15(19)5-4-6-16(12)20-18(21)10-8-13-7-9-14(22-2)11-17(13)23-3/h4-11H,1-3H3,(H,20,21). The van der Waals surface area contributed by atoms with Gasteiger partial charge in [0.2, 0.25) is 5.91 Å². The molecular formula is C18H18ClNO3. The van der Waals surface area contributed by atoms with Gasteiger partial charge in [-0.25, -0.2) is 0 Å². The molecule has 0 aliphatic carbocycles. The van der Waals surface area contributed by atoms with Crippen LogP contribution in [0.3, 0.4) is 0 Å². The van der Waals surface area contributed by atoms with Crippen molar-refractivity contribution in [2.24, 2.45) is 0 Å². The van der Waals surface area contributed by atoms with Gasteiger partial charge in [-0.1, -0.05) is 17.7 Å². The number of amides is 1. The lowest BCUT2D eigenvalue weighted by Gasteiger charge is -2.08. The van der Waals surface area contributed by atoms with E-state index in [2.05, 4.69) is 5.32 Å². The van der Waals surface area contributed by atoms with Crippen LogP contribution in [0.15, 0.2) is 42.5 Å². The molecular weight excluding hydrogens is 314 g/mol. The first-order valence-corrected chi connectivity index (χ1v) is 7.39. The van der Waals surface area contributed by atoms with Gasteiger partial charge in [0.25, 0.3) is 0 Å². The summed E-state index contributed by atoms with van der Waals surface area (Å²) in [6, 6.07) is 10.8. The first-order valence-electron chi connectivity index (χ1n) is 7.01. The molecule has 0 saturated carbocycles. The second-order valence-electron chi connectivity index (χ2n) is 4.84. The Bertz CT molecular complexity index is 741. The highest BCUT2D eigenvalue weighted by Gasteiger charge is 2.06. The predicted octanol–water partition coefficient (Wildman–Crippen LogP) is 4.32. The van der Waals surface area contributed by atoms with E-state index in [1.54, 1.807) is 50.6 Å². The highest BCUT2D eigenvalue weighted by Crippen LogP contribution is 2.26. The van der Waals surface area contributed by atoms with Gasteiger partial charge in [-0.05, 0) is 42.8 Å². The lowest BCUT2D eigenvalue weighted by atomic mass is 10.1. The Morgan fingerprint density at radius 3 is 2.65 bits per heavy atom. The van der Waals surface area contributed by atoms with E-state index in [0.29, 0.717) is 22.2 Å². The van der Waals surface area contributed by atoms with Crippen molar-refractivity contribution in [3.05, 3.63) is 58.6 Å². The van der Waals surface area contributed by atoms with Crippen LogP contribution in [0.1, 0.15) is 11.1 Å². The normalized spacial score (nSPS) is 10.6. The second kappa shape index (κ2) is 7.70. The lowest BCUT2D eigenvalue weighted by Crippen LogP contribution is -2.09. The third-order valence-corrected chi connectivity index (χ3v) is 3.79. The zero-order valence-electron chi connectivity index (χ0n) is 13.2. The van der Waals surface area contributed by atoms with Gasteiger partial charge in [0.1, 0.15) is 11.5 Å². The Balaban J connectivity index is 2.14. The number of hydrogen-bond acceptors (Lipinski definition) is 3. The number of carbonyl (C=O) groups excluding carboxylic acids is 1. The average molecular weight is 332 g/mol. The van der Waals surface area contributed by atoms with Crippen molar-refractivity contribution in [3.63, 3.8) is 0 Å². The minimum absolute atomic E-state index is 0.242. The predicted molar refractivity (Wildman–Crippen MR) is 93.4 cm³/mol. The fourth-order valence-electron chi connectivity index (χ4n) is 2.04. The van der Waals surface area contributed by atoms with Crippen LogP contribution in [-0.4, -0.2) is 20.1 Å². The van der Waals surface area contributed by atoms with Gasteiger partial charge in [-0.2, -0.15) is 0 Å². The maximum Gasteiger partial charge on any atom is 0.248 e. The summed E-state index contributed by atoms with van der Waals surface area (Å²) in [5, 5.41) is 3.42. The summed E-state index contributed by atoms with van der Waals surface area (Å²) >= 11 is 6.04. The Labute approximate surface area is 140 Å². The van der Waals surface area contributed by atoms with Crippen LogP contribution in [0.25, 0.3) is 6.08 Å². The van der Waals surface area contributed by atoms with Crippen LogP contribution in [0.5, 0.6) is 11.5 Å². The molecule has 2 aromatic rings. The van der Waals surface area contributed by atoms with Crippen molar-refractivity contribution >= 4 is 29.3 Å². The third-order valence-electron chi connectivity index (χ3n) is 3.38. The molecule has 5 heteroatoms. The molecule has 2 aromatic carbocycles. The van der Waals surface area contributed by atoms with Crippen LogP contribution >= 0.6 is 11.6 Å². The Kier molecular flexibility index (Phi) is 5.66. The maximum absolute atomic E-state index is 12.1. The first-order chi connectivity index (χ1) is 11.0. The van der Waals surface area contributed by atoms with Gasteiger partial charge < -0.3 is 14.8 Å². The second-order valence-corrected chi connectivity index (χ2v) is 5.25. The Morgan fingerprint density at radius 2 is 1.96 bits per heavy atom. The Morgan fingerprint density at radius 1 is 1.17 bits per heavy atom. The quantitative estimate of drug-likeness (QED) is 0.830. The molecule has 1 N–H and O–H groups in total. The molecule has 0 aliphatic rings. The van der Waals surface area contributed by atoms with Gasteiger partial charge in [0.05, 0.1) is 14.2 Å². The van der Waals surface area contributed by atoms with E-state index in [1.807, 2.05) is 13.0 Å². The first kappa shape index (κ1) is 16.9. The van der Waals surface area contributed by atoms with Gasteiger partial charge >= 0.3 is 0 Å². The van der Waals surface area contributed by atoms with Gasteiger partial charge in [-0.3, -0.25) is 4.79 Å². The fraction of sp³-hybridized carbons (Fsp3) is 0.167. The van der Waals surface area contributed by atoms with E-state index < -0.39 is 0 Å². The summed E-state index contributed by atoms with van der Waals surface area (Å²) in [4.78, 5) is 12.1. The number of carbonyl (C=O) groups is 1. The highest BCUT2D eigenvalue weighted by atomic mass is 35.5. The summed E-state index contributed by atoms with van der Waals surface area (Å²) in [5.74, 6) is 1.08. The van der Waals surface area contributed by atoms with Crippen molar-refractivity contribution in [1.29, 1.82) is 0 Å². The molecule has 0 radical (unpaired) electrons. The van der Waals surface area contributed by atoms with Crippen molar-refractivity contribution in [3.8, 4) is 11.5 Å². The van der Waals surface area contributed by atoms with E-state index >= 15 is 0 Å². The summed E-state index contributed by atoms with van der Waals surface area (Å²) in [6.45, 7) is 1.86. The maximum atomic E-state index is 12.1. The molecule has 0 spiro atoms. The SMILES string of the molecule is COc1ccc(C=CC(=O)Nc2cccc(Cl)c2C)c(OC)c1. The minimum atomic E-state index is -0.242. The van der Waals surface area contributed by atoms with E-state index in [0.717, 1.165) is 11.1 Å². The fourth-order valence-corrected chi connectivity index (χ4v) is 2.21. The van der Waals surface area contributed by atoms with Crippen molar-refractivity contribution < 1.29 is 14.3 Å². The van der Waals surface area contributed by atoms with Crippen molar-refractivity contribution in [2.75, 3.05) is 19.5 Å². The number of rotatable bonds is 5. The molecule has 0 atom stereocenters. The number of hydrogen-bond donors (Lipinski definition) is 1. The number of nitrogens with one attached hydrogen (secondary N) is 1. The third kappa shape index (κ3) is 4.27. The molecule has 120 valence electrons. The molecule has 0 heterocycles. The van der Waals surface area contributed by atoms with Crippen molar-refractivity contribution in [2.45, 2.75) is 6.92 Å². The van der Waals surface area contributed by atoms with Crippen molar-refractivity contribution in [1.82, 2.24) is 0 Å². The largest absolute Gasteiger partial charge is 0.497 e. The molecule has 0 saturated heterocycles. The molecule has 1 amide bonds. The van der Waals surface area contributed by atoms with Crippen LogP contribution in [0.4, 0.5) is 5.69 Å². The van der Waals surface area contributed by atoms with Crippen LogP contribution < -0.4 is 14.8 Å². The molecule has 0 unspecified atom stereocenters. The van der Waals surface area contributed by atoms with E-state index in [9.17, 15) is 4.79 Å². The summed E-state index contributed by atoms with van der Waals surface area (Å²) < 4.78 is 10.4. The monoisotopic (exact) mass is 331 g/mol. The summed E-state index contributed by atoms with van der Waals surface area (Å²) in [5.41, 5.74) is 2.30. The van der Waals surface area contributed by atoms with Gasteiger partial charge in [-0.15, -0.1) is 0 Å². The van der Waals surface area contributed by atoms with Gasteiger partial charge in [0.15, 0.2) is 0 Å². The summed E-state index contributed by atoms with van der Waals surface area (Å²) in [6.07, 6.45) is 3.14. The average Bonchev–Trinajstić information content (AvgIpc) is 2.57. The number of anilines is 1. The molecule has 0 bridgehead atoms. The number of methoxy groups -OCH3 is 2. The van der Waals surface area contributed by atoms with Crippen LogP contribution in [0, 0.1) is 6.92 Å². The lowest BCUT2D eigenvalue weighted by molar-refractivity contribution is -0.111. The number of halogens is 1. The molecule has 23 heavy (non-hydrogen) atoms. The van der Waals surface area contributed by atoms with Gasteiger partial charge in [0, 0.05) is 28.4 Å². The Hall–Kier alpha value is -2.46. The minimum Gasteiger partial charge on any atom is -0.497 e. The van der Waals surface area contributed by atoms with Crippen LogP contribution in [-0.2, 0) is 4.79 Å². The topological polar surface area (TPSA) is 47.6 Å². The van der Waals surface area contributed by atoms with Crippen LogP contribution in [0.2, 0.25) is 5.02 Å². The van der Waals surface area contributed by atoms with E-state index in [1.165, 1.54) is 6.08 Å². The molecule has 0 fully saturated rings. The molecule has 2 rings (SSSR count). The smallest absolute Gasteiger partial charge is 0.248 e. The molecule has 0 aliphatic heterocycles. The van der Waals surface area contributed by atoms with E-state index in [-0.39, 0.29) is 5.91 Å². The zero-order valence-corrected chi connectivity index (χ0v) is 14.0. The molecule has 4 nitrogen and oxygen atoms in total.